The predicted molar refractivity (Wildman–Crippen MR) is 70.8 cm³/mol. The second-order valence-electron chi connectivity index (χ2n) is 5.00. The zero-order valence-electron chi connectivity index (χ0n) is 10.3. The van der Waals surface area contributed by atoms with E-state index in [1.54, 1.807) is 0 Å². The molecule has 1 aliphatic heterocycles. The van der Waals surface area contributed by atoms with Gasteiger partial charge in [0.05, 0.1) is 0 Å². The van der Waals surface area contributed by atoms with Crippen LogP contribution in [0.4, 0.5) is 0 Å². The van der Waals surface area contributed by atoms with E-state index in [-0.39, 0.29) is 5.92 Å². The summed E-state index contributed by atoms with van der Waals surface area (Å²) >= 11 is 6.32. The Balaban J connectivity index is 2.14. The Morgan fingerprint density at radius 2 is 2.24 bits per heavy atom. The van der Waals surface area contributed by atoms with Crippen LogP contribution >= 0.6 is 11.6 Å². The summed E-state index contributed by atoms with van der Waals surface area (Å²) in [5.41, 5.74) is 2.39. The van der Waals surface area contributed by atoms with Crippen molar-refractivity contribution in [2.45, 2.75) is 25.2 Å². The van der Waals surface area contributed by atoms with E-state index in [0.717, 1.165) is 30.0 Å². The normalized spacial score (nSPS) is 18.8. The van der Waals surface area contributed by atoms with Gasteiger partial charge in [-0.15, -0.1) is 0 Å². The molecule has 1 aliphatic rings. The predicted octanol–water partition coefficient (Wildman–Crippen LogP) is 3.06. The van der Waals surface area contributed by atoms with Gasteiger partial charge in [-0.3, -0.25) is 0 Å². The molecular formula is C14H18ClNO. The molecule has 0 saturated carbocycles. The van der Waals surface area contributed by atoms with E-state index in [9.17, 15) is 4.79 Å². The lowest BCUT2D eigenvalue weighted by molar-refractivity contribution is -0.108. The highest BCUT2D eigenvalue weighted by Gasteiger charge is 2.26. The molecule has 0 spiro atoms. The van der Waals surface area contributed by atoms with E-state index >= 15 is 0 Å². The lowest BCUT2D eigenvalue weighted by Crippen LogP contribution is -2.41. The average molecular weight is 252 g/mol. The maximum absolute atomic E-state index is 10.5. The quantitative estimate of drug-likeness (QED) is 0.767. The largest absolute Gasteiger partial charge is 0.305 e. The lowest BCUT2D eigenvalue weighted by atomic mass is 9.89. The van der Waals surface area contributed by atoms with Gasteiger partial charge in [0, 0.05) is 30.5 Å². The molecule has 1 unspecified atom stereocenters. The molecule has 0 N–H and O–H groups in total. The molecule has 17 heavy (non-hydrogen) atoms. The van der Waals surface area contributed by atoms with Crippen LogP contribution in [0.25, 0.3) is 0 Å². The second kappa shape index (κ2) is 5.19. The fourth-order valence-electron chi connectivity index (χ4n) is 2.36. The number of hydrogen-bond acceptors (Lipinski definition) is 2. The Hall–Kier alpha value is -0.860. The van der Waals surface area contributed by atoms with Crippen LogP contribution in [-0.2, 0) is 4.79 Å². The van der Waals surface area contributed by atoms with Crippen molar-refractivity contribution in [3.05, 3.63) is 34.3 Å². The first kappa shape index (κ1) is 12.6. The molecule has 1 fully saturated rings. The molecule has 2 nitrogen and oxygen atoms in total. The molecule has 92 valence electrons. The van der Waals surface area contributed by atoms with Gasteiger partial charge in [0.15, 0.2) is 0 Å². The Bertz CT molecular complexity index is 413. The molecule has 1 aromatic carbocycles. The summed E-state index contributed by atoms with van der Waals surface area (Å²) in [5.74, 6) is 0.825. The van der Waals surface area contributed by atoms with Gasteiger partial charge in [-0.05, 0) is 30.2 Å². The first-order valence-electron chi connectivity index (χ1n) is 6.03. The summed E-state index contributed by atoms with van der Waals surface area (Å²) in [5, 5.41) is 0.846. The summed E-state index contributed by atoms with van der Waals surface area (Å²) in [6, 6.07) is 6.24. The minimum atomic E-state index is 0.253. The first-order chi connectivity index (χ1) is 8.11. The summed E-state index contributed by atoms with van der Waals surface area (Å²) in [6.07, 6.45) is 1.52. The van der Waals surface area contributed by atoms with Gasteiger partial charge < -0.3 is 9.69 Å². The fourth-order valence-corrected chi connectivity index (χ4v) is 2.70. The topological polar surface area (TPSA) is 20.3 Å². The zero-order chi connectivity index (χ0) is 12.4. The Kier molecular flexibility index (Phi) is 3.85. The molecule has 0 amide bonds. The maximum Gasteiger partial charge on any atom is 0.120 e. The lowest BCUT2D eigenvalue weighted by Gasteiger charge is -2.37. The van der Waals surface area contributed by atoms with E-state index in [4.69, 9.17) is 11.6 Å². The number of halogens is 1. The van der Waals surface area contributed by atoms with Crippen LogP contribution in [0.2, 0.25) is 5.02 Å². The Labute approximate surface area is 108 Å². The van der Waals surface area contributed by atoms with Crippen molar-refractivity contribution >= 4 is 17.9 Å². The Morgan fingerprint density at radius 3 is 2.76 bits per heavy atom. The number of nitrogens with zero attached hydrogens (tertiary/aromatic N) is 1. The maximum atomic E-state index is 10.5. The molecule has 0 bridgehead atoms. The summed E-state index contributed by atoms with van der Waals surface area (Å²) in [7, 11) is 2.12. The van der Waals surface area contributed by atoms with Crippen molar-refractivity contribution in [1.29, 1.82) is 0 Å². The molecule has 3 heteroatoms. The van der Waals surface area contributed by atoms with E-state index in [1.165, 1.54) is 5.56 Å². The van der Waals surface area contributed by atoms with Gasteiger partial charge in [-0.1, -0.05) is 30.7 Å². The number of carbonyl (C=O) groups is 1. The van der Waals surface area contributed by atoms with Gasteiger partial charge in [0.1, 0.15) is 6.29 Å². The molecular weight excluding hydrogens is 234 g/mol. The number of hydrogen-bond donors (Lipinski definition) is 0. The minimum Gasteiger partial charge on any atom is -0.305 e. The third-order valence-corrected chi connectivity index (χ3v) is 3.87. The van der Waals surface area contributed by atoms with Crippen molar-refractivity contribution in [3.63, 3.8) is 0 Å². The zero-order valence-corrected chi connectivity index (χ0v) is 11.1. The number of rotatable bonds is 4. The summed E-state index contributed by atoms with van der Waals surface area (Å²) in [6.45, 7) is 4.22. The molecule has 0 aliphatic carbocycles. The third-order valence-electron chi connectivity index (χ3n) is 3.55. The summed E-state index contributed by atoms with van der Waals surface area (Å²) < 4.78 is 0. The number of benzene rings is 1. The molecule has 1 atom stereocenters. The van der Waals surface area contributed by atoms with Crippen LogP contribution < -0.4 is 0 Å². The minimum absolute atomic E-state index is 0.253. The fraction of sp³-hybridized carbons (Fsp3) is 0.500. The van der Waals surface area contributed by atoms with Crippen LogP contribution in [0, 0.1) is 0 Å². The SMILES string of the molecule is CC(CC=O)c1ccc(C2CN(C)C2)c(Cl)c1. The molecule has 1 aromatic rings. The van der Waals surface area contributed by atoms with Crippen LogP contribution in [0.5, 0.6) is 0 Å². The van der Waals surface area contributed by atoms with Crippen LogP contribution in [0.15, 0.2) is 18.2 Å². The van der Waals surface area contributed by atoms with Crippen molar-refractivity contribution in [2.75, 3.05) is 20.1 Å². The third kappa shape index (κ3) is 2.70. The monoisotopic (exact) mass is 251 g/mol. The van der Waals surface area contributed by atoms with Gasteiger partial charge in [-0.2, -0.15) is 0 Å². The highest BCUT2D eigenvalue weighted by Crippen LogP contribution is 2.33. The van der Waals surface area contributed by atoms with Crippen molar-refractivity contribution in [3.8, 4) is 0 Å². The standard InChI is InChI=1S/C14H18ClNO/c1-10(5-6-17)11-3-4-13(14(15)7-11)12-8-16(2)9-12/h3-4,6-7,10,12H,5,8-9H2,1-2H3. The highest BCUT2D eigenvalue weighted by molar-refractivity contribution is 6.31. The van der Waals surface area contributed by atoms with Crippen molar-refractivity contribution < 1.29 is 4.79 Å². The van der Waals surface area contributed by atoms with Crippen molar-refractivity contribution in [1.82, 2.24) is 4.90 Å². The Morgan fingerprint density at radius 1 is 1.53 bits per heavy atom. The molecule has 2 rings (SSSR count). The molecule has 0 aromatic heterocycles. The van der Waals surface area contributed by atoms with E-state index in [2.05, 4.69) is 31.0 Å². The van der Waals surface area contributed by atoms with Crippen LogP contribution in [0.1, 0.15) is 36.3 Å². The van der Waals surface area contributed by atoms with Crippen LogP contribution in [0.3, 0.4) is 0 Å². The van der Waals surface area contributed by atoms with Gasteiger partial charge in [0.25, 0.3) is 0 Å². The van der Waals surface area contributed by atoms with E-state index in [1.807, 2.05) is 6.07 Å². The summed E-state index contributed by atoms with van der Waals surface area (Å²) in [4.78, 5) is 12.8. The van der Waals surface area contributed by atoms with Gasteiger partial charge in [0.2, 0.25) is 0 Å². The molecule has 1 heterocycles. The molecule has 0 radical (unpaired) electrons. The second-order valence-corrected chi connectivity index (χ2v) is 5.41. The number of likely N-dealkylation sites (N-methyl/N-ethyl adjacent to an activating group) is 1. The van der Waals surface area contributed by atoms with Gasteiger partial charge >= 0.3 is 0 Å². The first-order valence-corrected chi connectivity index (χ1v) is 6.41. The smallest absolute Gasteiger partial charge is 0.120 e. The van der Waals surface area contributed by atoms with Crippen molar-refractivity contribution in [2.24, 2.45) is 0 Å². The van der Waals surface area contributed by atoms with Crippen LogP contribution in [-0.4, -0.2) is 31.3 Å². The van der Waals surface area contributed by atoms with E-state index in [0.29, 0.717) is 12.3 Å². The number of carbonyl (C=O) groups excluding carboxylic acids is 1. The number of likely N-dealkylation sites (tertiary alicyclic amines) is 1. The molecule has 1 saturated heterocycles. The van der Waals surface area contributed by atoms with E-state index < -0.39 is 0 Å². The number of aldehydes is 1. The van der Waals surface area contributed by atoms with Gasteiger partial charge in [-0.25, -0.2) is 0 Å². The average Bonchev–Trinajstić information content (AvgIpc) is 2.25. The highest BCUT2D eigenvalue weighted by atomic mass is 35.5.